The van der Waals surface area contributed by atoms with Gasteiger partial charge in [0, 0.05) is 11.7 Å². The number of nitrogen functional groups attached to an aromatic ring is 1. The highest BCUT2D eigenvalue weighted by Crippen LogP contribution is 2.26. The number of hydrogen-bond donors (Lipinski definition) is 2. The molecular weight excluding hydrogens is 288 g/mol. The minimum atomic E-state index is -0.224. The van der Waals surface area contributed by atoms with E-state index >= 15 is 0 Å². The van der Waals surface area contributed by atoms with E-state index in [1.165, 1.54) is 44.8 Å². The quantitative estimate of drug-likeness (QED) is 0.625. The third-order valence-electron chi connectivity index (χ3n) is 5.05. The Labute approximate surface area is 139 Å². The van der Waals surface area contributed by atoms with Gasteiger partial charge < -0.3 is 15.8 Å². The number of nitrogens with one attached hydrogen (secondary N) is 1. The number of benzene rings is 1. The highest BCUT2D eigenvalue weighted by molar-refractivity contribution is 5.74. The van der Waals surface area contributed by atoms with Gasteiger partial charge in [0.1, 0.15) is 0 Å². The first-order chi connectivity index (χ1) is 11.0. The molecule has 128 valence electrons. The zero-order chi connectivity index (χ0) is 16.8. The molecule has 1 aromatic rings. The number of carbonyl (C=O) groups is 1. The van der Waals surface area contributed by atoms with Gasteiger partial charge in [0.25, 0.3) is 0 Å². The molecule has 0 aliphatic heterocycles. The Hall–Kier alpha value is -1.55. The fourth-order valence-corrected chi connectivity index (χ4v) is 3.52. The summed E-state index contributed by atoms with van der Waals surface area (Å²) in [5, 5.41) is 3.67. The van der Waals surface area contributed by atoms with Crippen LogP contribution >= 0.6 is 0 Å². The fraction of sp³-hybridized carbons (Fsp3) is 0.632. The lowest BCUT2D eigenvalue weighted by molar-refractivity contribution is -0.139. The molecule has 0 spiro atoms. The smallest absolute Gasteiger partial charge is 0.309 e. The molecule has 1 aliphatic carbocycles. The van der Waals surface area contributed by atoms with Crippen molar-refractivity contribution in [3.8, 4) is 0 Å². The van der Waals surface area contributed by atoms with Crippen molar-refractivity contribution >= 4 is 11.7 Å². The van der Waals surface area contributed by atoms with Crippen LogP contribution in [0.15, 0.2) is 6.07 Å². The van der Waals surface area contributed by atoms with E-state index < -0.39 is 0 Å². The molecular formula is C19H30N2O2. The van der Waals surface area contributed by atoms with Gasteiger partial charge in [-0.2, -0.15) is 0 Å². The Balaban J connectivity index is 2.01. The van der Waals surface area contributed by atoms with E-state index in [0.29, 0.717) is 6.04 Å². The molecule has 1 fully saturated rings. The number of esters is 1. The summed E-state index contributed by atoms with van der Waals surface area (Å²) in [6.07, 6.45) is 7.89. The highest BCUT2D eigenvalue weighted by Gasteiger charge is 2.15. The van der Waals surface area contributed by atoms with Crippen LogP contribution in [0.3, 0.4) is 0 Å². The number of anilines is 1. The molecule has 0 amide bonds. The number of carbonyl (C=O) groups excluding carboxylic acids is 1. The molecule has 0 saturated heterocycles. The Morgan fingerprint density at radius 1 is 1.30 bits per heavy atom. The van der Waals surface area contributed by atoms with Crippen LogP contribution in [-0.2, 0) is 22.4 Å². The van der Waals surface area contributed by atoms with E-state index in [9.17, 15) is 4.79 Å². The van der Waals surface area contributed by atoms with Gasteiger partial charge in [-0.1, -0.05) is 25.3 Å². The predicted octanol–water partition coefficient (Wildman–Crippen LogP) is 3.07. The summed E-state index contributed by atoms with van der Waals surface area (Å²) in [5.41, 5.74) is 11.5. The largest absolute Gasteiger partial charge is 0.469 e. The van der Waals surface area contributed by atoms with Crippen molar-refractivity contribution in [1.29, 1.82) is 0 Å². The summed E-state index contributed by atoms with van der Waals surface area (Å²) in [4.78, 5) is 11.5. The summed E-state index contributed by atoms with van der Waals surface area (Å²) < 4.78 is 4.76. The maximum atomic E-state index is 11.5. The number of nitrogens with two attached hydrogens (primary N) is 1. The lowest BCUT2D eigenvalue weighted by Crippen LogP contribution is -2.32. The molecule has 1 saturated carbocycles. The van der Waals surface area contributed by atoms with E-state index in [1.54, 1.807) is 0 Å². The van der Waals surface area contributed by atoms with Gasteiger partial charge >= 0.3 is 5.97 Å². The van der Waals surface area contributed by atoms with Crippen LogP contribution in [0.2, 0.25) is 0 Å². The van der Waals surface area contributed by atoms with Crippen molar-refractivity contribution in [3.05, 3.63) is 28.3 Å². The first kappa shape index (κ1) is 17.8. The summed E-state index contributed by atoms with van der Waals surface area (Å²) in [7, 11) is 1.42. The molecule has 0 aromatic heterocycles. The van der Waals surface area contributed by atoms with Crippen LogP contribution in [0, 0.1) is 13.8 Å². The molecule has 4 heteroatoms. The summed E-state index contributed by atoms with van der Waals surface area (Å²) in [5.74, 6) is -0.224. The normalized spacial score (nSPS) is 15.6. The zero-order valence-electron chi connectivity index (χ0n) is 14.7. The van der Waals surface area contributed by atoms with Crippen LogP contribution in [0.1, 0.15) is 54.4 Å². The molecule has 0 atom stereocenters. The summed E-state index contributed by atoms with van der Waals surface area (Å²) >= 11 is 0. The molecule has 1 aromatic carbocycles. The van der Waals surface area contributed by atoms with Crippen molar-refractivity contribution in [2.75, 3.05) is 19.4 Å². The number of aryl methyl sites for hydroxylation is 1. The van der Waals surface area contributed by atoms with Crippen molar-refractivity contribution in [1.82, 2.24) is 5.32 Å². The Morgan fingerprint density at radius 3 is 2.65 bits per heavy atom. The lowest BCUT2D eigenvalue weighted by atomic mass is 9.93. The maximum Gasteiger partial charge on any atom is 0.309 e. The van der Waals surface area contributed by atoms with Crippen molar-refractivity contribution in [2.24, 2.45) is 0 Å². The maximum absolute atomic E-state index is 11.5. The van der Waals surface area contributed by atoms with Crippen LogP contribution in [0.5, 0.6) is 0 Å². The number of rotatable bonds is 6. The second kappa shape index (κ2) is 8.34. The fourth-order valence-electron chi connectivity index (χ4n) is 3.52. The van der Waals surface area contributed by atoms with Gasteiger partial charge in [0.15, 0.2) is 0 Å². The number of methoxy groups -OCH3 is 1. The van der Waals surface area contributed by atoms with Crippen molar-refractivity contribution in [3.63, 3.8) is 0 Å². The topological polar surface area (TPSA) is 64.3 Å². The first-order valence-electron chi connectivity index (χ1n) is 8.70. The number of ether oxygens (including phenoxy) is 1. The van der Waals surface area contributed by atoms with Gasteiger partial charge in [0.2, 0.25) is 0 Å². The van der Waals surface area contributed by atoms with E-state index in [2.05, 4.69) is 18.3 Å². The Bertz CT molecular complexity index is 549. The summed E-state index contributed by atoms with van der Waals surface area (Å²) in [6.45, 7) is 5.03. The van der Waals surface area contributed by atoms with Gasteiger partial charge in [0.05, 0.1) is 13.5 Å². The van der Waals surface area contributed by atoms with Gasteiger partial charge in [-0.3, -0.25) is 4.79 Å². The van der Waals surface area contributed by atoms with Gasteiger partial charge in [-0.05, 0) is 61.9 Å². The van der Waals surface area contributed by atoms with Gasteiger partial charge in [-0.25, -0.2) is 0 Å². The molecule has 23 heavy (non-hydrogen) atoms. The van der Waals surface area contributed by atoms with Crippen molar-refractivity contribution < 1.29 is 9.53 Å². The Morgan fingerprint density at radius 2 is 2.00 bits per heavy atom. The van der Waals surface area contributed by atoms with Gasteiger partial charge in [-0.15, -0.1) is 0 Å². The van der Waals surface area contributed by atoms with E-state index in [4.69, 9.17) is 10.5 Å². The molecule has 0 bridgehead atoms. The SMILES string of the molecule is COC(=O)Cc1cc(C)c(CCNC2CCCCC2)c(N)c1C. The second-order valence-electron chi connectivity index (χ2n) is 6.66. The highest BCUT2D eigenvalue weighted by atomic mass is 16.5. The molecule has 0 heterocycles. The summed E-state index contributed by atoms with van der Waals surface area (Å²) in [6, 6.07) is 2.75. The Kier molecular flexibility index (Phi) is 6.46. The molecule has 2 rings (SSSR count). The third-order valence-corrected chi connectivity index (χ3v) is 5.05. The molecule has 4 nitrogen and oxygen atoms in total. The van der Waals surface area contributed by atoms with Crippen LogP contribution in [0.4, 0.5) is 5.69 Å². The molecule has 3 N–H and O–H groups in total. The van der Waals surface area contributed by atoms with Crippen molar-refractivity contribution in [2.45, 2.75) is 64.8 Å². The predicted molar refractivity (Wildman–Crippen MR) is 94.6 cm³/mol. The minimum absolute atomic E-state index is 0.224. The zero-order valence-corrected chi connectivity index (χ0v) is 14.7. The molecule has 0 radical (unpaired) electrons. The molecule has 1 aliphatic rings. The minimum Gasteiger partial charge on any atom is -0.469 e. The van der Waals surface area contributed by atoms with Crippen LogP contribution < -0.4 is 11.1 Å². The lowest BCUT2D eigenvalue weighted by Gasteiger charge is -2.23. The monoisotopic (exact) mass is 318 g/mol. The standard InChI is InChI=1S/C19H30N2O2/c1-13-11-15(12-18(22)23-3)14(2)19(20)17(13)9-10-21-16-7-5-4-6-8-16/h11,16,21H,4-10,12,20H2,1-3H3. The third kappa shape index (κ3) is 4.71. The second-order valence-corrected chi connectivity index (χ2v) is 6.66. The van der Waals surface area contributed by atoms with E-state index in [1.807, 2.05) is 6.92 Å². The molecule has 0 unspecified atom stereocenters. The number of hydrogen-bond acceptors (Lipinski definition) is 4. The average Bonchev–Trinajstić information content (AvgIpc) is 2.56. The van der Waals surface area contributed by atoms with E-state index in [-0.39, 0.29) is 12.4 Å². The van der Waals surface area contributed by atoms with E-state index in [0.717, 1.165) is 35.3 Å². The van der Waals surface area contributed by atoms with Crippen LogP contribution in [-0.4, -0.2) is 25.7 Å². The van der Waals surface area contributed by atoms with Crippen LogP contribution in [0.25, 0.3) is 0 Å². The average molecular weight is 318 g/mol. The first-order valence-corrected chi connectivity index (χ1v) is 8.70.